The van der Waals surface area contributed by atoms with Crippen molar-refractivity contribution in [1.82, 2.24) is 9.55 Å². The van der Waals surface area contributed by atoms with E-state index in [2.05, 4.69) is 173 Å². The lowest BCUT2D eigenvalue weighted by Gasteiger charge is -2.27. The number of nitrogens with zero attached hydrogens (tertiary/aromatic N) is 3. The number of thiophene rings is 1. The van der Waals surface area contributed by atoms with Crippen molar-refractivity contribution in [1.29, 1.82) is 0 Å². The molecule has 0 aliphatic carbocycles. The first kappa shape index (κ1) is 27.8. The van der Waals surface area contributed by atoms with Gasteiger partial charge in [-0.3, -0.25) is 4.98 Å². The Morgan fingerprint density at radius 2 is 1.22 bits per heavy atom. The zero-order valence-corrected chi connectivity index (χ0v) is 27.3. The van der Waals surface area contributed by atoms with Gasteiger partial charge in [0, 0.05) is 59.6 Å². The van der Waals surface area contributed by atoms with Crippen LogP contribution in [0.25, 0.3) is 69.7 Å². The average molecular weight is 644 g/mol. The molecule has 0 saturated carbocycles. The molecule has 4 heteroatoms. The summed E-state index contributed by atoms with van der Waals surface area (Å²) >= 11 is 1.85. The van der Waals surface area contributed by atoms with Crippen LogP contribution in [0.4, 0.5) is 17.1 Å². The summed E-state index contributed by atoms with van der Waals surface area (Å²) in [5.41, 5.74) is 10.3. The third kappa shape index (κ3) is 4.53. The molecule has 0 fully saturated rings. The van der Waals surface area contributed by atoms with Crippen molar-refractivity contribution in [3.8, 4) is 16.8 Å². The van der Waals surface area contributed by atoms with Crippen LogP contribution in [0.2, 0.25) is 0 Å². The molecular weight excluding hydrogens is 615 g/mol. The number of anilines is 3. The maximum atomic E-state index is 4.73. The third-order valence-electron chi connectivity index (χ3n) is 9.60. The summed E-state index contributed by atoms with van der Waals surface area (Å²) in [6.45, 7) is 0. The number of benzene rings is 7. The van der Waals surface area contributed by atoms with Crippen molar-refractivity contribution in [2.75, 3.05) is 4.90 Å². The number of fused-ring (bicyclic) bond motifs is 7. The minimum Gasteiger partial charge on any atom is -0.310 e. The molecule has 49 heavy (non-hydrogen) atoms. The van der Waals surface area contributed by atoms with Crippen molar-refractivity contribution in [3.63, 3.8) is 0 Å². The fourth-order valence-corrected chi connectivity index (χ4v) is 8.53. The molecule has 0 bridgehead atoms. The molecule has 10 aromatic rings. The van der Waals surface area contributed by atoms with Crippen LogP contribution in [-0.4, -0.2) is 9.55 Å². The van der Waals surface area contributed by atoms with Crippen molar-refractivity contribution in [2.24, 2.45) is 0 Å². The molecule has 0 saturated heterocycles. The van der Waals surface area contributed by atoms with Gasteiger partial charge in [0.25, 0.3) is 0 Å². The lowest BCUT2D eigenvalue weighted by molar-refractivity contribution is 1.18. The van der Waals surface area contributed by atoms with Crippen LogP contribution in [0.1, 0.15) is 0 Å². The zero-order valence-electron chi connectivity index (χ0n) is 26.5. The van der Waals surface area contributed by atoms with E-state index in [0.717, 1.165) is 33.7 Å². The molecule has 7 aromatic carbocycles. The maximum absolute atomic E-state index is 4.73. The molecule has 10 rings (SSSR count). The van der Waals surface area contributed by atoms with E-state index >= 15 is 0 Å². The standard InChI is InChI=1S/C45H29N3S/c1-3-11-30(12-4-1)31-20-22-34(23-21-31)47(42-18-9-19-43-45(42)38-29-39-32(13-10-26-46-39)27-44(38)49-43)35-24-25-41-37(28-35)36-16-7-8-17-40(36)48(41)33-14-5-2-6-15-33/h1-29H. The van der Waals surface area contributed by atoms with Crippen molar-refractivity contribution in [3.05, 3.63) is 176 Å². The molecule has 0 aliphatic heterocycles. The number of hydrogen-bond acceptors (Lipinski definition) is 3. The molecule has 0 spiro atoms. The van der Waals surface area contributed by atoms with Crippen LogP contribution in [0.3, 0.4) is 0 Å². The predicted octanol–water partition coefficient (Wildman–Crippen LogP) is 12.8. The van der Waals surface area contributed by atoms with Gasteiger partial charge in [-0.05, 0) is 90.0 Å². The van der Waals surface area contributed by atoms with Gasteiger partial charge in [0.1, 0.15) is 0 Å². The minimum absolute atomic E-state index is 1.01. The number of para-hydroxylation sites is 2. The molecule has 0 aliphatic rings. The molecule has 3 aromatic heterocycles. The van der Waals surface area contributed by atoms with Crippen LogP contribution >= 0.6 is 11.3 Å². The first-order chi connectivity index (χ1) is 24.3. The van der Waals surface area contributed by atoms with Crippen LogP contribution in [0.5, 0.6) is 0 Å². The fraction of sp³-hybridized carbons (Fsp3) is 0. The Labute approximate surface area is 287 Å². The Morgan fingerprint density at radius 3 is 2.08 bits per heavy atom. The van der Waals surface area contributed by atoms with E-state index in [-0.39, 0.29) is 0 Å². The number of aromatic nitrogens is 2. The minimum atomic E-state index is 1.01. The molecule has 3 nitrogen and oxygen atoms in total. The summed E-state index contributed by atoms with van der Waals surface area (Å²) in [4.78, 5) is 7.16. The van der Waals surface area contributed by atoms with Crippen LogP contribution < -0.4 is 4.90 Å². The molecule has 0 unspecified atom stereocenters. The van der Waals surface area contributed by atoms with E-state index in [4.69, 9.17) is 4.98 Å². The quantitative estimate of drug-likeness (QED) is 0.186. The van der Waals surface area contributed by atoms with Crippen LogP contribution in [-0.2, 0) is 0 Å². The Morgan fingerprint density at radius 1 is 0.490 bits per heavy atom. The van der Waals surface area contributed by atoms with E-state index in [0.29, 0.717) is 0 Å². The fourth-order valence-electron chi connectivity index (χ4n) is 7.38. The highest BCUT2D eigenvalue weighted by Gasteiger charge is 2.21. The van der Waals surface area contributed by atoms with Gasteiger partial charge in [0.05, 0.1) is 22.2 Å². The maximum Gasteiger partial charge on any atom is 0.0709 e. The Balaban J connectivity index is 1.24. The molecule has 0 radical (unpaired) electrons. The molecule has 0 amide bonds. The summed E-state index contributed by atoms with van der Waals surface area (Å²) in [5.74, 6) is 0. The largest absolute Gasteiger partial charge is 0.310 e. The van der Waals surface area contributed by atoms with Gasteiger partial charge in [-0.1, -0.05) is 91.0 Å². The van der Waals surface area contributed by atoms with Crippen molar-refractivity contribution < 1.29 is 0 Å². The Kier molecular flexibility index (Phi) is 6.36. The van der Waals surface area contributed by atoms with Gasteiger partial charge in [-0.2, -0.15) is 0 Å². The van der Waals surface area contributed by atoms with Crippen molar-refractivity contribution >= 4 is 81.3 Å². The second-order valence-electron chi connectivity index (χ2n) is 12.4. The summed E-state index contributed by atoms with van der Waals surface area (Å²) in [7, 11) is 0. The summed E-state index contributed by atoms with van der Waals surface area (Å²) in [6, 6.07) is 61.3. The van der Waals surface area contributed by atoms with Gasteiger partial charge in [-0.15, -0.1) is 11.3 Å². The monoisotopic (exact) mass is 643 g/mol. The highest BCUT2D eigenvalue weighted by Crippen LogP contribution is 2.47. The van der Waals surface area contributed by atoms with Gasteiger partial charge >= 0.3 is 0 Å². The van der Waals surface area contributed by atoms with Crippen molar-refractivity contribution in [2.45, 2.75) is 0 Å². The topological polar surface area (TPSA) is 21.1 Å². The highest BCUT2D eigenvalue weighted by molar-refractivity contribution is 7.26. The van der Waals surface area contributed by atoms with Gasteiger partial charge in [0.15, 0.2) is 0 Å². The molecule has 230 valence electrons. The SMILES string of the molecule is c1ccc(-c2ccc(N(c3ccc4c(c3)c3ccccc3n4-c3ccccc3)c3cccc4sc5cc6cccnc6cc5c34)cc2)cc1. The number of hydrogen-bond donors (Lipinski definition) is 0. The zero-order chi connectivity index (χ0) is 32.3. The third-order valence-corrected chi connectivity index (χ3v) is 10.7. The van der Waals surface area contributed by atoms with E-state index in [1.54, 1.807) is 0 Å². The Hall–Kier alpha value is -6.23. The second-order valence-corrected chi connectivity index (χ2v) is 13.5. The number of pyridine rings is 1. The average Bonchev–Trinajstić information content (AvgIpc) is 3.70. The summed E-state index contributed by atoms with van der Waals surface area (Å²) < 4.78 is 4.90. The summed E-state index contributed by atoms with van der Waals surface area (Å²) in [5, 5.41) is 6.10. The lowest BCUT2D eigenvalue weighted by atomic mass is 10.0. The van der Waals surface area contributed by atoms with Gasteiger partial charge in [-0.25, -0.2) is 0 Å². The second kappa shape index (κ2) is 11.2. The normalized spacial score (nSPS) is 11.7. The van der Waals surface area contributed by atoms with Crippen LogP contribution in [0.15, 0.2) is 176 Å². The molecule has 3 heterocycles. The number of rotatable bonds is 5. The summed E-state index contributed by atoms with van der Waals surface area (Å²) in [6.07, 6.45) is 1.88. The first-order valence-corrected chi connectivity index (χ1v) is 17.4. The smallest absolute Gasteiger partial charge is 0.0709 e. The van der Waals surface area contributed by atoms with E-state index in [9.17, 15) is 0 Å². The predicted molar refractivity (Wildman–Crippen MR) is 209 cm³/mol. The molecular formula is C45H29N3S. The molecule has 0 atom stereocenters. The molecule has 0 N–H and O–H groups in total. The Bertz CT molecular complexity index is 2820. The van der Waals surface area contributed by atoms with Crippen LogP contribution in [0, 0.1) is 0 Å². The first-order valence-electron chi connectivity index (χ1n) is 16.5. The highest BCUT2D eigenvalue weighted by atomic mass is 32.1. The lowest BCUT2D eigenvalue weighted by Crippen LogP contribution is -2.10. The van der Waals surface area contributed by atoms with Gasteiger partial charge in [0.2, 0.25) is 0 Å². The van der Waals surface area contributed by atoms with Gasteiger partial charge < -0.3 is 9.47 Å². The van der Waals surface area contributed by atoms with E-state index in [1.165, 1.54) is 53.1 Å². The van der Waals surface area contributed by atoms with E-state index < -0.39 is 0 Å². The van der Waals surface area contributed by atoms with E-state index in [1.807, 2.05) is 23.6 Å².